The molecule has 124 valence electrons. The number of nitrogens with zero attached hydrogens (tertiary/aromatic N) is 1. The van der Waals surface area contributed by atoms with Crippen LogP contribution >= 0.6 is 0 Å². The highest BCUT2D eigenvalue weighted by Crippen LogP contribution is 2.26. The Morgan fingerprint density at radius 2 is 2.09 bits per heavy atom. The molecule has 1 aromatic heterocycles. The third-order valence-electron chi connectivity index (χ3n) is 4.08. The maximum atomic E-state index is 12.2. The van der Waals surface area contributed by atoms with Crippen molar-refractivity contribution in [2.45, 2.75) is 39.0 Å². The number of nitrogens with one attached hydrogen (secondary N) is 1. The van der Waals surface area contributed by atoms with Gasteiger partial charge in [-0.3, -0.25) is 0 Å². The van der Waals surface area contributed by atoms with Crippen molar-refractivity contribution in [2.75, 3.05) is 26.8 Å². The molecule has 0 bridgehead atoms. The van der Waals surface area contributed by atoms with E-state index in [1.54, 1.807) is 18.2 Å². The molecular weight excluding hydrogens is 284 g/mol. The Morgan fingerprint density at radius 3 is 2.68 bits per heavy atom. The van der Waals surface area contributed by atoms with E-state index in [1.807, 2.05) is 26.0 Å². The molecule has 0 unspecified atom stereocenters. The Morgan fingerprint density at radius 1 is 1.41 bits per heavy atom. The maximum absolute atomic E-state index is 12.2. The monoisotopic (exact) mass is 310 g/mol. The summed E-state index contributed by atoms with van der Waals surface area (Å²) in [6, 6.07) is 3.47. The van der Waals surface area contributed by atoms with Gasteiger partial charge >= 0.3 is 6.03 Å². The average molecular weight is 310 g/mol. The number of urea groups is 1. The van der Waals surface area contributed by atoms with E-state index in [9.17, 15) is 4.79 Å². The van der Waals surface area contributed by atoms with E-state index in [0.717, 1.165) is 12.2 Å². The van der Waals surface area contributed by atoms with Crippen molar-refractivity contribution in [1.29, 1.82) is 0 Å². The highest BCUT2D eigenvalue weighted by Gasteiger charge is 2.32. The minimum Gasteiger partial charge on any atom is -0.467 e. The summed E-state index contributed by atoms with van der Waals surface area (Å²) in [7, 11) is 1.76. The molecule has 0 spiro atoms. The highest BCUT2D eigenvalue weighted by atomic mass is 16.7. The number of amides is 2. The van der Waals surface area contributed by atoms with Crippen LogP contribution in [0.5, 0.6) is 0 Å². The van der Waals surface area contributed by atoms with E-state index >= 15 is 0 Å². The van der Waals surface area contributed by atoms with Gasteiger partial charge in [-0.05, 0) is 31.9 Å². The van der Waals surface area contributed by atoms with E-state index in [2.05, 4.69) is 12.2 Å². The first kappa shape index (κ1) is 16.8. The second-order valence-corrected chi connectivity index (χ2v) is 6.13. The Bertz CT molecular complexity index is 469. The molecule has 2 amide bonds. The van der Waals surface area contributed by atoms with Gasteiger partial charge in [0.25, 0.3) is 0 Å². The maximum Gasteiger partial charge on any atom is 0.317 e. The third kappa shape index (κ3) is 4.24. The minimum atomic E-state index is -0.516. The van der Waals surface area contributed by atoms with Gasteiger partial charge in [-0.2, -0.15) is 0 Å². The van der Waals surface area contributed by atoms with Crippen LogP contribution in [0.3, 0.4) is 0 Å². The van der Waals surface area contributed by atoms with E-state index in [0.29, 0.717) is 19.8 Å². The molecule has 1 aliphatic rings. The second-order valence-electron chi connectivity index (χ2n) is 6.13. The van der Waals surface area contributed by atoms with Gasteiger partial charge in [-0.1, -0.05) is 6.92 Å². The smallest absolute Gasteiger partial charge is 0.317 e. The van der Waals surface area contributed by atoms with Gasteiger partial charge in [0.2, 0.25) is 0 Å². The van der Waals surface area contributed by atoms with Crippen LogP contribution in [0.15, 0.2) is 22.8 Å². The van der Waals surface area contributed by atoms with E-state index in [-0.39, 0.29) is 18.0 Å². The molecule has 22 heavy (non-hydrogen) atoms. The summed E-state index contributed by atoms with van der Waals surface area (Å²) in [4.78, 5) is 13.8. The summed E-state index contributed by atoms with van der Waals surface area (Å²) in [5, 5.41) is 2.95. The lowest BCUT2D eigenvalue weighted by atomic mass is 10.0. The zero-order valence-electron chi connectivity index (χ0n) is 13.8. The fourth-order valence-electron chi connectivity index (χ4n) is 2.66. The van der Waals surface area contributed by atoms with Crippen LogP contribution in [0.1, 0.15) is 39.0 Å². The van der Waals surface area contributed by atoms with Crippen molar-refractivity contribution in [1.82, 2.24) is 10.2 Å². The number of furan rings is 1. The van der Waals surface area contributed by atoms with Gasteiger partial charge in [0.15, 0.2) is 5.79 Å². The predicted octanol–water partition coefficient (Wildman–Crippen LogP) is 2.77. The Kier molecular flexibility index (Phi) is 5.47. The van der Waals surface area contributed by atoms with Crippen LogP contribution in [0.2, 0.25) is 0 Å². The van der Waals surface area contributed by atoms with Crippen LogP contribution in [0, 0.1) is 5.92 Å². The van der Waals surface area contributed by atoms with Crippen LogP contribution in [-0.4, -0.2) is 43.5 Å². The SMILES string of the molecule is C[C@H](CNC(=O)N(C)[C@H](C)c1ccco1)CC1(C)OCCO1. The number of carbonyl (C=O) groups is 1. The van der Waals surface area contributed by atoms with Crippen LogP contribution in [0.25, 0.3) is 0 Å². The zero-order valence-corrected chi connectivity index (χ0v) is 13.8. The molecule has 6 heteroatoms. The molecule has 1 fully saturated rings. The van der Waals surface area contributed by atoms with Gasteiger partial charge < -0.3 is 24.1 Å². The Labute approximate surface area is 131 Å². The number of rotatable bonds is 6. The van der Waals surface area contributed by atoms with Gasteiger partial charge in [-0.15, -0.1) is 0 Å². The standard InChI is InChI=1S/C16H26N2O4/c1-12(10-16(3)21-8-9-22-16)11-17-15(19)18(4)13(2)14-6-5-7-20-14/h5-7,12-13H,8-11H2,1-4H3,(H,17,19)/t12-,13+/m0/s1. The van der Waals surface area contributed by atoms with Crippen molar-refractivity contribution >= 4 is 6.03 Å². The van der Waals surface area contributed by atoms with Crippen molar-refractivity contribution in [2.24, 2.45) is 5.92 Å². The molecule has 1 saturated heterocycles. The normalized spacial score (nSPS) is 19.6. The molecule has 1 aromatic rings. The second kappa shape index (κ2) is 7.15. The van der Waals surface area contributed by atoms with Crippen LogP contribution in [0.4, 0.5) is 4.79 Å². The summed E-state index contributed by atoms with van der Waals surface area (Å²) < 4.78 is 16.5. The zero-order chi connectivity index (χ0) is 16.2. The Hall–Kier alpha value is -1.53. The highest BCUT2D eigenvalue weighted by molar-refractivity contribution is 5.74. The lowest BCUT2D eigenvalue weighted by Crippen LogP contribution is -2.41. The van der Waals surface area contributed by atoms with Crippen molar-refractivity contribution < 1.29 is 18.7 Å². The fourth-order valence-corrected chi connectivity index (χ4v) is 2.66. The van der Waals surface area contributed by atoms with E-state index in [1.165, 1.54) is 0 Å². The Balaban J connectivity index is 1.76. The van der Waals surface area contributed by atoms with Gasteiger partial charge in [-0.25, -0.2) is 4.79 Å². The largest absolute Gasteiger partial charge is 0.467 e. The molecule has 2 atom stereocenters. The predicted molar refractivity (Wildman–Crippen MR) is 82.4 cm³/mol. The molecule has 0 aliphatic carbocycles. The van der Waals surface area contributed by atoms with E-state index in [4.69, 9.17) is 13.9 Å². The lowest BCUT2D eigenvalue weighted by Gasteiger charge is -2.27. The van der Waals surface area contributed by atoms with Gasteiger partial charge in [0.1, 0.15) is 5.76 Å². The first-order valence-corrected chi connectivity index (χ1v) is 7.73. The molecular formula is C16H26N2O4. The third-order valence-corrected chi connectivity index (χ3v) is 4.08. The number of ether oxygens (including phenoxy) is 2. The van der Waals surface area contributed by atoms with Crippen LogP contribution < -0.4 is 5.32 Å². The lowest BCUT2D eigenvalue weighted by molar-refractivity contribution is -0.153. The quantitative estimate of drug-likeness (QED) is 0.877. The number of hydrogen-bond acceptors (Lipinski definition) is 4. The molecule has 6 nitrogen and oxygen atoms in total. The van der Waals surface area contributed by atoms with Crippen molar-refractivity contribution in [3.05, 3.63) is 24.2 Å². The van der Waals surface area contributed by atoms with Crippen molar-refractivity contribution in [3.8, 4) is 0 Å². The topological polar surface area (TPSA) is 63.9 Å². The van der Waals surface area contributed by atoms with E-state index < -0.39 is 5.79 Å². The van der Waals surface area contributed by atoms with Crippen LogP contribution in [-0.2, 0) is 9.47 Å². The molecule has 2 rings (SSSR count). The first-order valence-electron chi connectivity index (χ1n) is 7.73. The van der Waals surface area contributed by atoms with Crippen molar-refractivity contribution in [3.63, 3.8) is 0 Å². The van der Waals surface area contributed by atoms with Gasteiger partial charge in [0.05, 0.1) is 25.5 Å². The fraction of sp³-hybridized carbons (Fsp3) is 0.688. The summed E-state index contributed by atoms with van der Waals surface area (Å²) >= 11 is 0. The molecule has 1 N–H and O–H groups in total. The summed E-state index contributed by atoms with van der Waals surface area (Å²) in [5.74, 6) is 0.516. The number of carbonyl (C=O) groups excluding carboxylic acids is 1. The molecule has 0 saturated carbocycles. The molecule has 1 aliphatic heterocycles. The summed E-state index contributed by atoms with van der Waals surface area (Å²) in [6.07, 6.45) is 2.37. The summed E-state index contributed by atoms with van der Waals surface area (Å²) in [5.41, 5.74) is 0. The first-order chi connectivity index (χ1) is 10.4. The molecule has 2 heterocycles. The molecule has 0 aromatic carbocycles. The molecule has 0 radical (unpaired) electrons. The van der Waals surface area contributed by atoms with Gasteiger partial charge in [0, 0.05) is 20.0 Å². The average Bonchev–Trinajstić information content (AvgIpc) is 3.14. The minimum absolute atomic E-state index is 0.107. The number of hydrogen-bond donors (Lipinski definition) is 1. The summed E-state index contributed by atoms with van der Waals surface area (Å²) in [6.45, 7) is 7.81.